The summed E-state index contributed by atoms with van der Waals surface area (Å²) in [6.45, 7) is 2.96. The van der Waals surface area contributed by atoms with Gasteiger partial charge < -0.3 is 5.32 Å². The van der Waals surface area contributed by atoms with Crippen LogP contribution in [-0.2, 0) is 16.6 Å². The Kier molecular flexibility index (Phi) is 4.17. The summed E-state index contributed by atoms with van der Waals surface area (Å²) in [5.74, 6) is 0.629. The molecule has 0 bridgehead atoms. The largest absolute Gasteiger partial charge is 0.309 e. The maximum atomic E-state index is 12.3. The maximum Gasteiger partial charge on any atom is 0.250 e. The van der Waals surface area contributed by atoms with E-state index in [-0.39, 0.29) is 6.04 Å². The molecule has 20 heavy (non-hydrogen) atoms. The zero-order chi connectivity index (χ0) is 14.2. The van der Waals surface area contributed by atoms with E-state index in [1.165, 1.54) is 24.2 Å². The molecule has 2 atom stereocenters. The van der Waals surface area contributed by atoms with Gasteiger partial charge in [-0.15, -0.1) is 11.3 Å². The van der Waals surface area contributed by atoms with Crippen LogP contribution >= 0.6 is 11.3 Å². The van der Waals surface area contributed by atoms with Gasteiger partial charge in [0.1, 0.15) is 4.21 Å². The van der Waals surface area contributed by atoms with Crippen LogP contribution in [0.2, 0.25) is 0 Å². The van der Waals surface area contributed by atoms with Gasteiger partial charge >= 0.3 is 0 Å². The van der Waals surface area contributed by atoms with Crippen molar-refractivity contribution in [3.8, 4) is 0 Å². The molecule has 3 rings (SSSR count). The van der Waals surface area contributed by atoms with Crippen molar-refractivity contribution in [2.45, 2.75) is 61.9 Å². The average Bonchev–Trinajstić information content (AvgIpc) is 2.93. The first-order valence-corrected chi connectivity index (χ1v) is 9.67. The summed E-state index contributed by atoms with van der Waals surface area (Å²) in [5, 5.41) is 3.41. The molecule has 2 aliphatic carbocycles. The van der Waals surface area contributed by atoms with Gasteiger partial charge in [-0.25, -0.2) is 13.1 Å². The zero-order valence-electron chi connectivity index (χ0n) is 11.8. The molecule has 2 saturated carbocycles. The third-order valence-electron chi connectivity index (χ3n) is 4.06. The molecule has 2 N–H and O–H groups in total. The second-order valence-corrected chi connectivity index (χ2v) is 9.22. The number of rotatable bonds is 6. The van der Waals surface area contributed by atoms with Crippen LogP contribution in [0.4, 0.5) is 0 Å². The van der Waals surface area contributed by atoms with Gasteiger partial charge in [0, 0.05) is 23.5 Å². The fourth-order valence-electron chi connectivity index (χ4n) is 2.72. The second kappa shape index (κ2) is 5.75. The Morgan fingerprint density at radius 2 is 1.95 bits per heavy atom. The quantitative estimate of drug-likeness (QED) is 0.848. The molecule has 0 spiro atoms. The van der Waals surface area contributed by atoms with E-state index in [9.17, 15) is 8.42 Å². The predicted molar refractivity (Wildman–Crippen MR) is 81.3 cm³/mol. The first-order chi connectivity index (χ1) is 9.53. The molecule has 2 unspecified atom stereocenters. The summed E-state index contributed by atoms with van der Waals surface area (Å²) in [5.41, 5.74) is 0. The monoisotopic (exact) mass is 314 g/mol. The van der Waals surface area contributed by atoms with Crippen molar-refractivity contribution in [3.05, 3.63) is 17.0 Å². The van der Waals surface area contributed by atoms with Crippen LogP contribution in [-0.4, -0.2) is 20.5 Å². The van der Waals surface area contributed by atoms with E-state index in [0.29, 0.717) is 16.2 Å². The van der Waals surface area contributed by atoms with Gasteiger partial charge in [-0.1, -0.05) is 6.92 Å². The van der Waals surface area contributed by atoms with E-state index in [1.54, 1.807) is 6.07 Å². The van der Waals surface area contributed by atoms with E-state index in [0.717, 1.165) is 30.7 Å². The highest BCUT2D eigenvalue weighted by Gasteiger charge is 2.27. The normalized spacial score (nSPS) is 27.1. The topological polar surface area (TPSA) is 58.2 Å². The Balaban J connectivity index is 1.61. The highest BCUT2D eigenvalue weighted by molar-refractivity contribution is 7.91. The minimum absolute atomic E-state index is 0.116. The summed E-state index contributed by atoms with van der Waals surface area (Å²) in [6.07, 6.45) is 5.53. The third kappa shape index (κ3) is 3.61. The summed E-state index contributed by atoms with van der Waals surface area (Å²) >= 11 is 1.38. The summed E-state index contributed by atoms with van der Waals surface area (Å²) < 4.78 is 28.0. The lowest BCUT2D eigenvalue weighted by Gasteiger charge is -2.11. The van der Waals surface area contributed by atoms with Gasteiger partial charge in [0.2, 0.25) is 10.0 Å². The number of sulfonamides is 1. The van der Waals surface area contributed by atoms with Crippen molar-refractivity contribution in [1.82, 2.24) is 10.0 Å². The number of hydrogen-bond donors (Lipinski definition) is 2. The number of hydrogen-bond acceptors (Lipinski definition) is 4. The Labute approximate surface area is 125 Å². The van der Waals surface area contributed by atoms with E-state index < -0.39 is 10.0 Å². The van der Waals surface area contributed by atoms with E-state index in [1.807, 2.05) is 6.07 Å². The second-order valence-electron chi connectivity index (χ2n) is 6.11. The third-order valence-corrected chi connectivity index (χ3v) is 7.16. The van der Waals surface area contributed by atoms with Crippen molar-refractivity contribution in [3.63, 3.8) is 0 Å². The summed E-state index contributed by atoms with van der Waals surface area (Å²) in [4.78, 5) is 1.09. The Morgan fingerprint density at radius 3 is 2.60 bits per heavy atom. The molecule has 0 aliphatic heterocycles. The molecule has 6 heteroatoms. The summed E-state index contributed by atoms with van der Waals surface area (Å²) in [6, 6.07) is 4.42. The van der Waals surface area contributed by atoms with E-state index in [4.69, 9.17) is 0 Å². The van der Waals surface area contributed by atoms with Gasteiger partial charge in [-0.05, 0) is 50.2 Å². The highest BCUT2D eigenvalue weighted by Crippen LogP contribution is 2.28. The van der Waals surface area contributed by atoms with Gasteiger partial charge in [0.05, 0.1) is 0 Å². The van der Waals surface area contributed by atoms with Crippen molar-refractivity contribution >= 4 is 21.4 Å². The standard InChI is InChI=1S/C14H22N2O2S2/c1-10-2-3-12(8-10)16-20(17,18)14-7-6-13(19-14)9-15-11-4-5-11/h6-7,10-12,15-16H,2-5,8-9H2,1H3. The molecular formula is C14H22N2O2S2. The average molecular weight is 314 g/mol. The van der Waals surface area contributed by atoms with Crippen molar-refractivity contribution < 1.29 is 8.42 Å². The van der Waals surface area contributed by atoms with Crippen molar-refractivity contribution in [2.24, 2.45) is 5.92 Å². The molecule has 2 aliphatic rings. The van der Waals surface area contributed by atoms with Crippen LogP contribution < -0.4 is 10.0 Å². The Hall–Kier alpha value is -0.430. The molecule has 1 aromatic rings. The van der Waals surface area contributed by atoms with Gasteiger partial charge in [0.25, 0.3) is 0 Å². The van der Waals surface area contributed by atoms with Crippen LogP contribution in [0.3, 0.4) is 0 Å². The minimum atomic E-state index is -3.33. The molecule has 4 nitrogen and oxygen atoms in total. The van der Waals surface area contributed by atoms with Gasteiger partial charge in [-0.2, -0.15) is 0 Å². The number of thiophene rings is 1. The lowest BCUT2D eigenvalue weighted by Crippen LogP contribution is -2.32. The molecule has 0 radical (unpaired) electrons. The van der Waals surface area contributed by atoms with E-state index in [2.05, 4.69) is 17.0 Å². The maximum absolute atomic E-state index is 12.3. The first-order valence-electron chi connectivity index (χ1n) is 7.37. The highest BCUT2D eigenvalue weighted by atomic mass is 32.2. The summed E-state index contributed by atoms with van der Waals surface area (Å²) in [7, 11) is -3.33. The van der Waals surface area contributed by atoms with Gasteiger partial charge in [0.15, 0.2) is 0 Å². The lowest BCUT2D eigenvalue weighted by atomic mass is 10.1. The van der Waals surface area contributed by atoms with Crippen molar-refractivity contribution in [1.29, 1.82) is 0 Å². The van der Waals surface area contributed by atoms with Crippen molar-refractivity contribution in [2.75, 3.05) is 0 Å². The SMILES string of the molecule is CC1CCC(NS(=O)(=O)c2ccc(CNC3CC3)s2)C1. The fraction of sp³-hybridized carbons (Fsp3) is 0.714. The molecule has 0 aromatic carbocycles. The molecule has 2 fully saturated rings. The Bertz CT molecular complexity index is 563. The van der Waals surface area contributed by atoms with Crippen LogP contribution in [0, 0.1) is 5.92 Å². The minimum Gasteiger partial charge on any atom is -0.309 e. The van der Waals surface area contributed by atoms with Gasteiger partial charge in [-0.3, -0.25) is 0 Å². The Morgan fingerprint density at radius 1 is 1.20 bits per heavy atom. The lowest BCUT2D eigenvalue weighted by molar-refractivity contribution is 0.540. The van der Waals surface area contributed by atoms with Crippen LogP contribution in [0.15, 0.2) is 16.3 Å². The zero-order valence-corrected chi connectivity index (χ0v) is 13.4. The van der Waals surface area contributed by atoms with Crippen LogP contribution in [0.5, 0.6) is 0 Å². The number of nitrogens with one attached hydrogen (secondary N) is 2. The van der Waals surface area contributed by atoms with E-state index >= 15 is 0 Å². The molecule has 1 aromatic heterocycles. The molecule has 0 saturated heterocycles. The molecular weight excluding hydrogens is 292 g/mol. The molecule has 112 valence electrons. The smallest absolute Gasteiger partial charge is 0.250 e. The van der Waals surface area contributed by atoms with Crippen LogP contribution in [0.1, 0.15) is 43.9 Å². The predicted octanol–water partition coefficient (Wildman–Crippen LogP) is 2.47. The first kappa shape index (κ1) is 14.5. The molecule has 0 amide bonds. The molecule has 1 heterocycles. The fourth-order valence-corrected chi connectivity index (χ4v) is 5.33. The van der Waals surface area contributed by atoms with Crippen LogP contribution in [0.25, 0.3) is 0 Å².